The van der Waals surface area contributed by atoms with Gasteiger partial charge in [0, 0.05) is 4.47 Å². The van der Waals surface area contributed by atoms with Crippen molar-refractivity contribution in [3.63, 3.8) is 0 Å². The number of carbonyl (C=O) groups is 1. The number of pyridine rings is 1. The monoisotopic (exact) mass is 320 g/mol. The largest absolute Gasteiger partial charge is 0.310 e. The molecule has 1 unspecified atom stereocenters. The number of nitrogens with one attached hydrogen (secondary N) is 1. The summed E-state index contributed by atoms with van der Waals surface area (Å²) in [4.78, 5) is 15.3. The average Bonchev–Trinajstić information content (AvgIpc) is 2.11. The third-order valence-electron chi connectivity index (χ3n) is 1.63. The van der Waals surface area contributed by atoms with E-state index in [0.29, 0.717) is 5.82 Å². The number of halogens is 2. The van der Waals surface area contributed by atoms with E-state index in [9.17, 15) is 4.79 Å². The number of carbonyl (C=O) groups excluding carboxylic acids is 1. The van der Waals surface area contributed by atoms with Crippen molar-refractivity contribution in [2.75, 3.05) is 5.32 Å². The lowest BCUT2D eigenvalue weighted by atomic mass is 10.3. The molecule has 1 aromatic heterocycles. The van der Waals surface area contributed by atoms with Gasteiger partial charge in [0.05, 0.1) is 10.5 Å². The first-order valence-electron chi connectivity index (χ1n) is 4.09. The Labute approximate surface area is 99.6 Å². The van der Waals surface area contributed by atoms with Crippen molar-refractivity contribution in [1.29, 1.82) is 0 Å². The minimum absolute atomic E-state index is 0.0979. The van der Waals surface area contributed by atoms with Crippen LogP contribution in [0.15, 0.2) is 16.6 Å². The van der Waals surface area contributed by atoms with Gasteiger partial charge in [0.15, 0.2) is 0 Å². The molecule has 1 heterocycles. The van der Waals surface area contributed by atoms with E-state index in [-0.39, 0.29) is 10.7 Å². The average molecular weight is 322 g/mol. The van der Waals surface area contributed by atoms with Gasteiger partial charge in [0.2, 0.25) is 5.91 Å². The van der Waals surface area contributed by atoms with E-state index < -0.39 is 0 Å². The Morgan fingerprint density at radius 2 is 2.21 bits per heavy atom. The number of aryl methyl sites for hydroxylation is 1. The first-order chi connectivity index (χ1) is 6.50. The number of hydrogen-bond donors (Lipinski definition) is 1. The molecule has 3 nitrogen and oxygen atoms in total. The molecule has 1 N–H and O–H groups in total. The number of amides is 1. The number of nitrogens with zero attached hydrogens (tertiary/aromatic N) is 1. The van der Waals surface area contributed by atoms with E-state index in [1.165, 1.54) is 0 Å². The smallest absolute Gasteiger partial charge is 0.239 e. The molecule has 0 saturated heterocycles. The lowest BCUT2D eigenvalue weighted by molar-refractivity contribution is -0.115. The second kappa shape index (κ2) is 4.89. The van der Waals surface area contributed by atoms with Crippen molar-refractivity contribution in [2.24, 2.45) is 0 Å². The Balaban J connectivity index is 2.78. The van der Waals surface area contributed by atoms with E-state index >= 15 is 0 Å². The molecule has 0 saturated carbocycles. The maximum absolute atomic E-state index is 11.3. The van der Waals surface area contributed by atoms with Crippen LogP contribution in [-0.4, -0.2) is 15.7 Å². The van der Waals surface area contributed by atoms with E-state index in [1.807, 2.05) is 13.0 Å². The molecule has 1 atom stereocenters. The van der Waals surface area contributed by atoms with Crippen LogP contribution >= 0.6 is 31.9 Å². The van der Waals surface area contributed by atoms with Gasteiger partial charge in [0.25, 0.3) is 0 Å². The van der Waals surface area contributed by atoms with E-state index in [1.54, 1.807) is 13.0 Å². The van der Waals surface area contributed by atoms with Crippen LogP contribution in [0.4, 0.5) is 5.82 Å². The second-order valence-corrected chi connectivity index (χ2v) is 5.10. The molecule has 0 aliphatic rings. The van der Waals surface area contributed by atoms with Gasteiger partial charge in [-0.1, -0.05) is 15.9 Å². The van der Waals surface area contributed by atoms with Gasteiger partial charge in [-0.2, -0.15) is 0 Å². The zero-order valence-electron chi connectivity index (χ0n) is 7.84. The molecule has 0 aliphatic carbocycles. The van der Waals surface area contributed by atoms with Crippen LogP contribution < -0.4 is 5.32 Å². The highest BCUT2D eigenvalue weighted by Gasteiger charge is 2.09. The summed E-state index contributed by atoms with van der Waals surface area (Å²) < 4.78 is 0.933. The van der Waals surface area contributed by atoms with Crippen LogP contribution in [0.1, 0.15) is 12.6 Å². The summed E-state index contributed by atoms with van der Waals surface area (Å²) in [5.41, 5.74) is 0.852. The molecule has 0 aromatic carbocycles. The zero-order chi connectivity index (χ0) is 10.7. The molecule has 1 amide bonds. The van der Waals surface area contributed by atoms with Gasteiger partial charge in [-0.3, -0.25) is 4.79 Å². The zero-order valence-corrected chi connectivity index (χ0v) is 11.0. The van der Waals surface area contributed by atoms with E-state index in [2.05, 4.69) is 42.2 Å². The van der Waals surface area contributed by atoms with Crippen molar-refractivity contribution in [3.05, 3.63) is 22.3 Å². The fourth-order valence-corrected chi connectivity index (χ4v) is 1.17. The highest BCUT2D eigenvalue weighted by molar-refractivity contribution is 9.10. The molecule has 0 spiro atoms. The van der Waals surface area contributed by atoms with Crippen molar-refractivity contribution in [1.82, 2.24) is 4.98 Å². The molecule has 76 valence electrons. The van der Waals surface area contributed by atoms with Crippen LogP contribution in [-0.2, 0) is 4.79 Å². The van der Waals surface area contributed by atoms with E-state index in [0.717, 1.165) is 10.2 Å². The molecular weight excluding hydrogens is 312 g/mol. The highest BCUT2D eigenvalue weighted by Crippen LogP contribution is 2.16. The summed E-state index contributed by atoms with van der Waals surface area (Å²) in [6, 6.07) is 3.61. The van der Waals surface area contributed by atoms with Crippen LogP contribution in [0.25, 0.3) is 0 Å². The molecular formula is C9H10Br2N2O. The normalized spacial score (nSPS) is 12.3. The van der Waals surface area contributed by atoms with Crippen LogP contribution in [0, 0.1) is 6.92 Å². The summed E-state index contributed by atoms with van der Waals surface area (Å²) in [6.45, 7) is 3.64. The molecule has 1 aromatic rings. The Morgan fingerprint density at radius 3 is 2.71 bits per heavy atom. The lowest BCUT2D eigenvalue weighted by Crippen LogP contribution is -2.20. The van der Waals surface area contributed by atoms with Crippen molar-refractivity contribution >= 4 is 43.6 Å². The van der Waals surface area contributed by atoms with Gasteiger partial charge in [-0.05, 0) is 41.9 Å². The molecule has 0 bridgehead atoms. The second-order valence-electron chi connectivity index (χ2n) is 2.87. The topological polar surface area (TPSA) is 42.0 Å². The van der Waals surface area contributed by atoms with Crippen molar-refractivity contribution in [2.45, 2.75) is 18.7 Å². The lowest BCUT2D eigenvalue weighted by Gasteiger charge is -2.06. The highest BCUT2D eigenvalue weighted by atomic mass is 79.9. The third-order valence-corrected chi connectivity index (χ3v) is 2.89. The predicted molar refractivity (Wildman–Crippen MR) is 63.7 cm³/mol. The Morgan fingerprint density at radius 1 is 1.57 bits per heavy atom. The van der Waals surface area contributed by atoms with Gasteiger partial charge >= 0.3 is 0 Å². The van der Waals surface area contributed by atoms with Crippen LogP contribution in [0.5, 0.6) is 0 Å². The molecule has 14 heavy (non-hydrogen) atoms. The fourth-order valence-electron chi connectivity index (χ4n) is 0.839. The van der Waals surface area contributed by atoms with Crippen LogP contribution in [0.2, 0.25) is 0 Å². The number of hydrogen-bond acceptors (Lipinski definition) is 2. The number of anilines is 1. The molecule has 0 aliphatic heterocycles. The first-order valence-corrected chi connectivity index (χ1v) is 5.79. The maximum atomic E-state index is 11.3. The minimum Gasteiger partial charge on any atom is -0.310 e. The summed E-state index contributed by atoms with van der Waals surface area (Å²) in [6.07, 6.45) is 0. The van der Waals surface area contributed by atoms with Crippen LogP contribution in [0.3, 0.4) is 0 Å². The Kier molecular flexibility index (Phi) is 4.07. The van der Waals surface area contributed by atoms with Gasteiger partial charge in [-0.25, -0.2) is 4.98 Å². The number of alkyl halides is 1. The fraction of sp³-hybridized carbons (Fsp3) is 0.333. The third kappa shape index (κ3) is 3.06. The van der Waals surface area contributed by atoms with Crippen molar-refractivity contribution in [3.8, 4) is 0 Å². The predicted octanol–water partition coefficient (Wildman–Crippen LogP) is 2.87. The number of rotatable bonds is 2. The van der Waals surface area contributed by atoms with Gasteiger partial charge < -0.3 is 5.32 Å². The van der Waals surface area contributed by atoms with E-state index in [4.69, 9.17) is 0 Å². The Hall–Kier alpha value is -0.420. The van der Waals surface area contributed by atoms with Gasteiger partial charge in [0.1, 0.15) is 5.82 Å². The standard InChI is InChI=1S/C9H10Br2N2O/c1-5(10)9(14)13-8-4-3-7(11)6(2)12-8/h3-5H,1-2H3,(H,12,13,14). The quantitative estimate of drug-likeness (QED) is 0.851. The molecule has 0 radical (unpaired) electrons. The summed E-state index contributed by atoms with van der Waals surface area (Å²) in [5.74, 6) is 0.473. The molecule has 1 rings (SSSR count). The minimum atomic E-state index is -0.215. The maximum Gasteiger partial charge on any atom is 0.239 e. The SMILES string of the molecule is Cc1nc(NC(=O)C(C)Br)ccc1Br. The molecule has 5 heteroatoms. The van der Waals surface area contributed by atoms with Gasteiger partial charge in [-0.15, -0.1) is 0 Å². The summed E-state index contributed by atoms with van der Waals surface area (Å²) in [5, 5.41) is 2.69. The summed E-state index contributed by atoms with van der Waals surface area (Å²) >= 11 is 6.52. The Bertz CT molecular complexity index is 353. The summed E-state index contributed by atoms with van der Waals surface area (Å²) in [7, 11) is 0. The number of aromatic nitrogens is 1. The van der Waals surface area contributed by atoms with Crippen molar-refractivity contribution < 1.29 is 4.79 Å². The first kappa shape index (κ1) is 11.7. The molecule has 0 fully saturated rings.